The Morgan fingerprint density at radius 1 is 0.826 bits per heavy atom. The maximum absolute atomic E-state index is 7.50. The molecule has 23 heavy (non-hydrogen) atoms. The zero-order valence-electron chi connectivity index (χ0n) is 12.6. The van der Waals surface area contributed by atoms with Gasteiger partial charge in [0.25, 0.3) is 0 Å². The van der Waals surface area contributed by atoms with Crippen LogP contribution in [0.25, 0.3) is 0 Å². The van der Waals surface area contributed by atoms with Crippen LogP contribution >= 0.6 is 0 Å². The van der Waals surface area contributed by atoms with E-state index in [1.54, 1.807) is 0 Å². The fourth-order valence-electron chi connectivity index (χ4n) is 1.56. The average molecular weight is 345 g/mol. The molecular weight excluding hydrogens is 330 g/mol. The van der Waals surface area contributed by atoms with Gasteiger partial charge in [0, 0.05) is 23.6 Å². The van der Waals surface area contributed by atoms with Crippen molar-refractivity contribution in [2.24, 2.45) is 4.99 Å². The molecule has 0 radical (unpaired) electrons. The Morgan fingerprint density at radius 3 is 1.83 bits per heavy atom. The van der Waals surface area contributed by atoms with Crippen molar-refractivity contribution in [3.8, 4) is 0 Å². The molecule has 0 heterocycles. The first-order chi connectivity index (χ1) is 10.9. The standard InChI is InChI=1S/C15H15N.3CO.Cr/c1-13-7-5-6-10-15(13)12-16-11-14-8-3-2-4-9-14;3*1-2;/h2-10,12H,11H2,1H3;;;;. The third-order valence-electron chi connectivity index (χ3n) is 2.54. The topological polar surface area (TPSA) is 72.1 Å². The smallest absolute Gasteiger partial charge is 0 e. The summed E-state index contributed by atoms with van der Waals surface area (Å²) in [5.41, 5.74) is 3.70. The first-order valence-electron chi connectivity index (χ1n) is 6.07. The summed E-state index contributed by atoms with van der Waals surface area (Å²) in [4.78, 5) is 4.45. The van der Waals surface area contributed by atoms with Crippen molar-refractivity contribution < 1.29 is 31.3 Å². The van der Waals surface area contributed by atoms with Gasteiger partial charge in [-0.05, 0) is 23.6 Å². The number of nitrogens with zero attached hydrogens (tertiary/aromatic N) is 1. The number of rotatable bonds is 3. The molecule has 0 aliphatic rings. The molecule has 2 aromatic carbocycles. The molecule has 2 aromatic rings. The molecule has 0 saturated carbocycles. The summed E-state index contributed by atoms with van der Waals surface area (Å²) < 4.78 is 22.5. The summed E-state index contributed by atoms with van der Waals surface area (Å²) >= 11 is 0. The van der Waals surface area contributed by atoms with Crippen molar-refractivity contribution in [3.05, 3.63) is 91.2 Å². The van der Waals surface area contributed by atoms with Crippen molar-refractivity contribution in [3.63, 3.8) is 0 Å². The second-order valence-corrected chi connectivity index (χ2v) is 3.81. The van der Waals surface area contributed by atoms with Crippen molar-refractivity contribution in [1.82, 2.24) is 0 Å². The van der Waals surface area contributed by atoms with Crippen LogP contribution < -0.4 is 0 Å². The van der Waals surface area contributed by atoms with Gasteiger partial charge in [-0.1, -0.05) is 54.6 Å². The molecule has 5 heteroatoms. The maximum Gasteiger partial charge on any atom is 0 e. The van der Waals surface area contributed by atoms with Crippen LogP contribution in [0.2, 0.25) is 0 Å². The first kappa shape index (κ1) is 25.8. The molecular formula is C18H15CrNO3. The molecule has 0 N–H and O–H groups in total. The zero-order chi connectivity index (χ0) is 17.2. The van der Waals surface area contributed by atoms with Crippen LogP contribution in [0.3, 0.4) is 0 Å². The summed E-state index contributed by atoms with van der Waals surface area (Å²) in [7, 11) is 0. The van der Waals surface area contributed by atoms with E-state index >= 15 is 0 Å². The normalized spacial score (nSPS) is 7.78. The van der Waals surface area contributed by atoms with E-state index in [4.69, 9.17) is 14.0 Å². The molecule has 0 aliphatic carbocycles. The fourth-order valence-corrected chi connectivity index (χ4v) is 1.56. The van der Waals surface area contributed by atoms with E-state index in [9.17, 15) is 0 Å². The summed E-state index contributed by atoms with van der Waals surface area (Å²) in [6.45, 7) is 16.3. The van der Waals surface area contributed by atoms with Crippen LogP contribution in [0.1, 0.15) is 16.7 Å². The van der Waals surface area contributed by atoms with E-state index in [1.165, 1.54) is 16.7 Å². The van der Waals surface area contributed by atoms with Crippen LogP contribution in [-0.4, -0.2) is 6.21 Å². The average Bonchev–Trinajstić information content (AvgIpc) is 2.63. The largest absolute Gasteiger partial charge is 0 e. The minimum absolute atomic E-state index is 0. The molecule has 0 aliphatic heterocycles. The van der Waals surface area contributed by atoms with E-state index in [0.717, 1.165) is 6.54 Å². The Labute approximate surface area is 147 Å². The van der Waals surface area contributed by atoms with Crippen molar-refractivity contribution in [1.29, 1.82) is 0 Å². The van der Waals surface area contributed by atoms with Crippen LogP contribution in [0.4, 0.5) is 0 Å². The molecule has 0 amide bonds. The molecule has 0 atom stereocenters. The van der Waals surface area contributed by atoms with Gasteiger partial charge >= 0.3 is 33.9 Å². The minimum atomic E-state index is 0. The molecule has 4 nitrogen and oxygen atoms in total. The number of aliphatic imine (C=N–C) groups is 1. The predicted molar refractivity (Wildman–Crippen MR) is 80.7 cm³/mol. The van der Waals surface area contributed by atoms with Gasteiger partial charge in [-0.2, -0.15) is 0 Å². The molecule has 2 rings (SSSR count). The quantitative estimate of drug-likeness (QED) is 0.464. The monoisotopic (exact) mass is 345 g/mol. The van der Waals surface area contributed by atoms with Crippen molar-refractivity contribution >= 4 is 6.21 Å². The number of benzene rings is 2. The third kappa shape index (κ3) is 12.1. The Morgan fingerprint density at radius 2 is 1.30 bits per heavy atom. The molecule has 0 bridgehead atoms. The van der Waals surface area contributed by atoms with Crippen LogP contribution in [-0.2, 0) is 37.9 Å². The molecule has 0 aromatic heterocycles. The third-order valence-corrected chi connectivity index (χ3v) is 2.54. The van der Waals surface area contributed by atoms with Crippen LogP contribution in [0, 0.1) is 26.9 Å². The Kier molecular flexibility index (Phi) is 22.3. The maximum atomic E-state index is 7.50. The summed E-state index contributed by atoms with van der Waals surface area (Å²) in [5, 5.41) is 0. The van der Waals surface area contributed by atoms with Gasteiger partial charge in [-0.15, -0.1) is 0 Å². The second kappa shape index (κ2) is 19.9. The van der Waals surface area contributed by atoms with Gasteiger partial charge in [-0.3, -0.25) is 4.99 Å². The van der Waals surface area contributed by atoms with Crippen molar-refractivity contribution in [2.75, 3.05) is 0 Å². The summed E-state index contributed by atoms with van der Waals surface area (Å²) in [6, 6.07) is 18.6. The summed E-state index contributed by atoms with van der Waals surface area (Å²) in [5.74, 6) is 0. The summed E-state index contributed by atoms with van der Waals surface area (Å²) in [6.07, 6.45) is 1.95. The van der Waals surface area contributed by atoms with E-state index in [0.29, 0.717) is 0 Å². The second-order valence-electron chi connectivity index (χ2n) is 3.81. The first-order valence-corrected chi connectivity index (χ1v) is 6.07. The number of aryl methyl sites for hydroxylation is 1. The fraction of sp³-hybridized carbons (Fsp3) is 0.111. The molecule has 116 valence electrons. The molecule has 0 fully saturated rings. The van der Waals surface area contributed by atoms with Crippen LogP contribution in [0.15, 0.2) is 59.6 Å². The van der Waals surface area contributed by atoms with Gasteiger partial charge in [0.2, 0.25) is 0 Å². The Hall–Kier alpha value is -2.14. The minimum Gasteiger partial charge on any atom is 0 e. The van der Waals surface area contributed by atoms with E-state index < -0.39 is 0 Å². The molecule has 0 spiro atoms. The van der Waals surface area contributed by atoms with Crippen molar-refractivity contribution in [2.45, 2.75) is 13.5 Å². The Bertz CT molecular complexity index is 590. The predicted octanol–water partition coefficient (Wildman–Crippen LogP) is 3.50. The number of hydrogen-bond donors (Lipinski definition) is 0. The van der Waals surface area contributed by atoms with Gasteiger partial charge in [0.1, 0.15) is 0 Å². The van der Waals surface area contributed by atoms with E-state index in [1.807, 2.05) is 36.5 Å². The number of hydrogen-bond acceptors (Lipinski definition) is 1. The van der Waals surface area contributed by atoms with Gasteiger partial charge < -0.3 is 0 Å². The van der Waals surface area contributed by atoms with Gasteiger partial charge in [-0.25, -0.2) is 0 Å². The van der Waals surface area contributed by atoms with Gasteiger partial charge in [0.05, 0.1) is 6.54 Å². The molecule has 0 saturated heterocycles. The SMILES string of the molecule is Cc1ccccc1C=NCc1ccccc1.[C-]#[O+].[C-]#[O+].[C-]#[O+].[Cr]. The van der Waals surface area contributed by atoms with Crippen LogP contribution in [0.5, 0.6) is 0 Å². The van der Waals surface area contributed by atoms with E-state index in [2.05, 4.69) is 56.1 Å². The van der Waals surface area contributed by atoms with Gasteiger partial charge in [0.15, 0.2) is 0 Å². The van der Waals surface area contributed by atoms with E-state index in [-0.39, 0.29) is 17.4 Å². The Balaban J connectivity index is -0.000000514. The zero-order valence-corrected chi connectivity index (χ0v) is 13.8. The molecule has 0 unspecified atom stereocenters.